The number of benzene rings is 2. The molecule has 0 unspecified atom stereocenters. The van der Waals surface area contributed by atoms with Gasteiger partial charge in [-0.15, -0.1) is 11.7 Å². The molecular formula is C21H15Cl3N4O5S. The molecule has 0 bridgehead atoms. The molecule has 1 heterocycles. The summed E-state index contributed by atoms with van der Waals surface area (Å²) in [6.45, 7) is 3.34. The Kier molecular flexibility index (Phi) is 8.56. The number of thioether (sulfide) groups is 1. The molecule has 0 spiro atoms. The second-order valence-corrected chi connectivity index (χ2v) is 8.81. The molecule has 0 saturated carbocycles. The van der Waals surface area contributed by atoms with Gasteiger partial charge in [0.1, 0.15) is 5.75 Å². The normalized spacial score (nSPS) is 15.6. The maximum Gasteiger partial charge on any atom is 0.278 e. The Morgan fingerprint density at radius 3 is 2.68 bits per heavy atom. The molecule has 34 heavy (non-hydrogen) atoms. The van der Waals surface area contributed by atoms with Gasteiger partial charge in [-0.05, 0) is 29.5 Å². The number of nitrogens with one attached hydrogen (secondary N) is 1. The number of carbonyl (C=O) groups excluding carboxylic acids is 2. The molecule has 1 fully saturated rings. The van der Waals surface area contributed by atoms with Crippen molar-refractivity contribution in [2.75, 3.05) is 13.2 Å². The predicted molar refractivity (Wildman–Crippen MR) is 133 cm³/mol. The number of nitro benzene ring substituents is 1. The smallest absolute Gasteiger partial charge is 0.278 e. The van der Waals surface area contributed by atoms with Crippen LogP contribution in [0, 0.1) is 10.1 Å². The lowest BCUT2D eigenvalue weighted by Crippen LogP contribution is -2.32. The van der Waals surface area contributed by atoms with E-state index in [4.69, 9.17) is 39.5 Å². The van der Waals surface area contributed by atoms with Crippen molar-refractivity contribution in [3.63, 3.8) is 0 Å². The minimum absolute atomic E-state index is 0.101. The number of carbonyl (C=O) groups is 2. The highest BCUT2D eigenvalue weighted by atomic mass is 35.5. The maximum absolute atomic E-state index is 12.8. The number of hydrazone groups is 1. The number of non-ortho nitro benzene ring substituents is 1. The van der Waals surface area contributed by atoms with E-state index in [2.05, 4.69) is 17.1 Å². The van der Waals surface area contributed by atoms with Crippen LogP contribution in [0.5, 0.6) is 5.75 Å². The summed E-state index contributed by atoms with van der Waals surface area (Å²) < 4.78 is 5.35. The largest absolute Gasteiger partial charge is 0.482 e. The van der Waals surface area contributed by atoms with E-state index >= 15 is 0 Å². The van der Waals surface area contributed by atoms with Gasteiger partial charge in [0, 0.05) is 24.7 Å². The lowest BCUT2D eigenvalue weighted by Gasteiger charge is -2.12. The Labute approximate surface area is 213 Å². The molecule has 2 amide bonds. The molecule has 3 rings (SSSR count). The number of ether oxygens (including phenoxy) is 1. The average molecular weight is 542 g/mol. The second kappa shape index (κ2) is 11.4. The fourth-order valence-electron chi connectivity index (χ4n) is 2.66. The number of halogens is 3. The summed E-state index contributed by atoms with van der Waals surface area (Å²) in [5.74, 6) is -0.833. The predicted octanol–water partition coefficient (Wildman–Crippen LogP) is 5.12. The standard InChI is InChI=1S/C21H15Cl3N4O5S/c1-2-6-27-20(30)18(8-12-4-3-5-13(7-12)28(31)32)34-21(27)26-25-19(29)11-33-17-10-15(23)14(22)9-16(17)24/h2-5,7-10H,1,6,11H2,(H,25,29)/b18-8-,26-21+. The van der Waals surface area contributed by atoms with Gasteiger partial charge in [0.2, 0.25) is 0 Å². The fourth-order valence-corrected chi connectivity index (χ4v) is 4.20. The molecule has 176 valence electrons. The molecule has 0 radical (unpaired) electrons. The van der Waals surface area contributed by atoms with Crippen LogP contribution in [-0.4, -0.2) is 40.0 Å². The van der Waals surface area contributed by atoms with Gasteiger partial charge in [-0.2, -0.15) is 0 Å². The minimum atomic E-state index is -0.614. The SMILES string of the molecule is C=CCN1C(=O)/C(=C/c2cccc([N+](=O)[O-])c2)S/C1=N/NC(=O)COc1cc(Cl)c(Cl)cc1Cl. The molecule has 0 aliphatic carbocycles. The van der Waals surface area contributed by atoms with Crippen molar-refractivity contribution >= 4 is 75.3 Å². The molecule has 1 aliphatic heterocycles. The highest BCUT2D eigenvalue weighted by molar-refractivity contribution is 8.18. The number of amidine groups is 1. The average Bonchev–Trinajstić information content (AvgIpc) is 3.08. The Hall–Kier alpha value is -3.05. The molecule has 2 aromatic carbocycles. The highest BCUT2D eigenvalue weighted by Crippen LogP contribution is 2.34. The molecule has 0 atom stereocenters. The van der Waals surface area contributed by atoms with E-state index < -0.39 is 17.4 Å². The van der Waals surface area contributed by atoms with Crippen LogP contribution in [0.15, 0.2) is 59.1 Å². The van der Waals surface area contributed by atoms with Crippen LogP contribution in [-0.2, 0) is 9.59 Å². The van der Waals surface area contributed by atoms with Gasteiger partial charge >= 0.3 is 0 Å². The zero-order valence-electron chi connectivity index (χ0n) is 17.2. The van der Waals surface area contributed by atoms with Crippen LogP contribution < -0.4 is 10.2 Å². The molecule has 9 nitrogen and oxygen atoms in total. The third-order valence-electron chi connectivity index (χ3n) is 4.19. The van der Waals surface area contributed by atoms with Crippen LogP contribution in [0.4, 0.5) is 5.69 Å². The van der Waals surface area contributed by atoms with E-state index in [1.807, 2.05) is 0 Å². The monoisotopic (exact) mass is 540 g/mol. The third-order valence-corrected chi connectivity index (χ3v) is 6.21. The van der Waals surface area contributed by atoms with Crippen molar-refractivity contribution in [1.29, 1.82) is 0 Å². The first-order valence-corrected chi connectivity index (χ1v) is 11.3. The number of nitrogens with zero attached hydrogens (tertiary/aromatic N) is 3. The summed E-state index contributed by atoms with van der Waals surface area (Å²) >= 11 is 18.8. The Morgan fingerprint density at radius 2 is 1.97 bits per heavy atom. The van der Waals surface area contributed by atoms with E-state index in [1.165, 1.54) is 47.4 Å². The van der Waals surface area contributed by atoms with Crippen LogP contribution in [0.1, 0.15) is 5.56 Å². The van der Waals surface area contributed by atoms with Gasteiger partial charge < -0.3 is 4.74 Å². The molecule has 13 heteroatoms. The molecule has 1 N–H and O–H groups in total. The summed E-state index contributed by atoms with van der Waals surface area (Å²) in [4.78, 5) is 37.0. The first-order chi connectivity index (χ1) is 16.2. The van der Waals surface area contributed by atoms with Gasteiger partial charge in [0.25, 0.3) is 17.5 Å². The topological polar surface area (TPSA) is 114 Å². The van der Waals surface area contributed by atoms with Crippen LogP contribution in [0.25, 0.3) is 6.08 Å². The molecule has 2 aromatic rings. The van der Waals surface area contributed by atoms with Crippen molar-refractivity contribution in [2.24, 2.45) is 5.10 Å². The van der Waals surface area contributed by atoms with E-state index in [9.17, 15) is 19.7 Å². The lowest BCUT2D eigenvalue weighted by atomic mass is 10.2. The lowest BCUT2D eigenvalue weighted by molar-refractivity contribution is -0.384. The van der Waals surface area contributed by atoms with Crippen LogP contribution in [0.3, 0.4) is 0 Å². The van der Waals surface area contributed by atoms with Crippen molar-refractivity contribution in [1.82, 2.24) is 10.3 Å². The van der Waals surface area contributed by atoms with E-state index in [1.54, 1.807) is 6.07 Å². The first-order valence-electron chi connectivity index (χ1n) is 9.40. The van der Waals surface area contributed by atoms with Crippen LogP contribution >= 0.6 is 46.6 Å². The first kappa shape index (κ1) is 25.6. The Bertz CT molecular complexity index is 1230. The van der Waals surface area contributed by atoms with E-state index in [-0.39, 0.29) is 49.0 Å². The van der Waals surface area contributed by atoms with Crippen LogP contribution in [0.2, 0.25) is 15.1 Å². The number of hydrogen-bond acceptors (Lipinski definition) is 7. The van der Waals surface area contributed by atoms with Crippen molar-refractivity contribution in [3.8, 4) is 5.75 Å². The maximum atomic E-state index is 12.8. The van der Waals surface area contributed by atoms with Gasteiger partial charge in [-0.1, -0.05) is 53.0 Å². The third kappa shape index (κ3) is 6.29. The summed E-state index contributed by atoms with van der Waals surface area (Å²) in [7, 11) is 0. The Morgan fingerprint density at radius 1 is 1.24 bits per heavy atom. The number of amides is 2. The van der Waals surface area contributed by atoms with Crippen molar-refractivity contribution < 1.29 is 19.2 Å². The second-order valence-electron chi connectivity index (χ2n) is 6.58. The Balaban J connectivity index is 1.71. The van der Waals surface area contributed by atoms with E-state index in [0.717, 1.165) is 11.8 Å². The van der Waals surface area contributed by atoms with Gasteiger partial charge in [-0.3, -0.25) is 24.6 Å². The zero-order valence-corrected chi connectivity index (χ0v) is 20.2. The summed E-state index contributed by atoms with van der Waals surface area (Å²) in [5.41, 5.74) is 2.69. The van der Waals surface area contributed by atoms with Crippen molar-refractivity contribution in [3.05, 3.63) is 84.7 Å². The molecule has 1 aliphatic rings. The minimum Gasteiger partial charge on any atom is -0.482 e. The number of nitro groups is 1. The van der Waals surface area contributed by atoms with Gasteiger partial charge in [0.05, 0.1) is 24.9 Å². The summed E-state index contributed by atoms with van der Waals surface area (Å²) in [5, 5.41) is 15.8. The highest BCUT2D eigenvalue weighted by Gasteiger charge is 2.33. The van der Waals surface area contributed by atoms with E-state index in [0.29, 0.717) is 5.56 Å². The number of hydrogen-bond donors (Lipinski definition) is 1. The van der Waals surface area contributed by atoms with Gasteiger partial charge in [0.15, 0.2) is 11.8 Å². The number of rotatable bonds is 8. The summed E-state index contributed by atoms with van der Waals surface area (Å²) in [6.07, 6.45) is 3.01. The quantitative estimate of drug-likeness (QED) is 0.163. The molecule has 1 saturated heterocycles. The van der Waals surface area contributed by atoms with Gasteiger partial charge in [-0.25, -0.2) is 5.43 Å². The van der Waals surface area contributed by atoms with Crippen molar-refractivity contribution in [2.45, 2.75) is 0 Å². The fraction of sp³-hybridized carbons (Fsp3) is 0.0952. The summed E-state index contributed by atoms with van der Waals surface area (Å²) in [6, 6.07) is 8.63. The molecule has 0 aromatic heterocycles. The molecular weight excluding hydrogens is 527 g/mol. The zero-order chi connectivity index (χ0) is 24.8.